The summed E-state index contributed by atoms with van der Waals surface area (Å²) in [6.45, 7) is 0.862. The first kappa shape index (κ1) is 14.4. The Labute approximate surface area is 122 Å². The van der Waals surface area contributed by atoms with Crippen LogP contribution in [0.3, 0.4) is 0 Å². The summed E-state index contributed by atoms with van der Waals surface area (Å²) < 4.78 is 13.1. The van der Waals surface area contributed by atoms with Crippen molar-refractivity contribution >= 4 is 23.4 Å². The zero-order valence-electron chi connectivity index (χ0n) is 10.6. The Morgan fingerprint density at radius 2 is 1.89 bits per heavy atom. The first-order valence-electron chi connectivity index (χ1n) is 5.99. The Hall–Kier alpha value is -1.03. The van der Waals surface area contributed by atoms with Crippen LogP contribution in [0.5, 0.6) is 0 Å². The first-order valence-corrected chi connectivity index (χ1v) is 7.35. The largest absolute Gasteiger partial charge is 0.316 e. The summed E-state index contributed by atoms with van der Waals surface area (Å²) in [7, 11) is 1.93. The van der Waals surface area contributed by atoms with E-state index in [0.717, 1.165) is 17.0 Å². The average Bonchev–Trinajstić information content (AvgIpc) is 2.42. The summed E-state index contributed by atoms with van der Waals surface area (Å²) in [6, 6.07) is 12.8. The van der Waals surface area contributed by atoms with Crippen molar-refractivity contribution in [2.75, 3.05) is 7.05 Å². The van der Waals surface area contributed by atoms with Crippen molar-refractivity contribution in [2.45, 2.75) is 17.2 Å². The molecule has 4 heteroatoms. The van der Waals surface area contributed by atoms with Crippen LogP contribution in [0, 0.1) is 5.82 Å². The van der Waals surface area contributed by atoms with Crippen molar-refractivity contribution in [1.29, 1.82) is 0 Å². The van der Waals surface area contributed by atoms with Crippen molar-refractivity contribution in [2.24, 2.45) is 0 Å². The number of hydrogen-bond donors (Lipinski definition) is 1. The number of thioether (sulfide) groups is 1. The number of nitrogens with one attached hydrogen (secondary N) is 1. The van der Waals surface area contributed by atoms with Gasteiger partial charge in [-0.1, -0.05) is 23.7 Å². The minimum atomic E-state index is -0.246. The van der Waals surface area contributed by atoms with E-state index in [1.807, 2.05) is 7.05 Å². The molecule has 0 spiro atoms. The zero-order valence-corrected chi connectivity index (χ0v) is 12.2. The zero-order chi connectivity index (χ0) is 13.7. The molecule has 0 aliphatic heterocycles. The molecule has 0 aromatic heterocycles. The van der Waals surface area contributed by atoms with Crippen LogP contribution in [0.1, 0.15) is 11.1 Å². The lowest BCUT2D eigenvalue weighted by molar-refractivity contribution is 0.626. The number of rotatable bonds is 5. The third-order valence-electron chi connectivity index (χ3n) is 2.71. The van der Waals surface area contributed by atoms with Gasteiger partial charge in [-0.25, -0.2) is 4.39 Å². The smallest absolute Gasteiger partial charge is 0.123 e. The molecular weight excluding hydrogens is 281 g/mol. The lowest BCUT2D eigenvalue weighted by Crippen LogP contribution is -2.04. The standard InChI is InChI=1S/C15H15ClFNS/c1-18-9-11-2-5-14(6-3-11)19-10-12-8-13(17)4-7-15(12)16/h2-8,18H,9-10H2,1H3. The molecule has 2 rings (SSSR count). The van der Waals surface area contributed by atoms with Crippen LogP contribution < -0.4 is 5.32 Å². The molecule has 1 N–H and O–H groups in total. The molecule has 100 valence electrons. The summed E-state index contributed by atoms with van der Waals surface area (Å²) >= 11 is 7.69. The SMILES string of the molecule is CNCc1ccc(SCc2cc(F)ccc2Cl)cc1. The van der Waals surface area contributed by atoms with E-state index in [4.69, 9.17) is 11.6 Å². The Kier molecular flexibility index (Phi) is 5.25. The molecule has 0 saturated carbocycles. The Morgan fingerprint density at radius 3 is 2.58 bits per heavy atom. The minimum absolute atomic E-state index is 0.246. The third kappa shape index (κ3) is 4.23. The maximum absolute atomic E-state index is 13.1. The van der Waals surface area contributed by atoms with Gasteiger partial charge in [-0.15, -0.1) is 11.8 Å². The summed E-state index contributed by atoms with van der Waals surface area (Å²) in [4.78, 5) is 1.15. The van der Waals surface area contributed by atoms with Crippen molar-refractivity contribution < 1.29 is 4.39 Å². The van der Waals surface area contributed by atoms with E-state index in [-0.39, 0.29) is 5.82 Å². The fraction of sp³-hybridized carbons (Fsp3) is 0.200. The molecular formula is C15H15ClFNS. The van der Waals surface area contributed by atoms with Crippen LogP contribution in [0.25, 0.3) is 0 Å². The van der Waals surface area contributed by atoms with Gasteiger partial charge in [-0.2, -0.15) is 0 Å². The molecule has 1 nitrogen and oxygen atoms in total. The van der Waals surface area contributed by atoms with Gasteiger partial charge in [-0.05, 0) is 48.5 Å². The maximum Gasteiger partial charge on any atom is 0.123 e. The molecule has 0 bridgehead atoms. The Morgan fingerprint density at radius 1 is 1.16 bits per heavy atom. The van der Waals surface area contributed by atoms with E-state index in [1.165, 1.54) is 17.7 Å². The first-order chi connectivity index (χ1) is 9.19. The third-order valence-corrected chi connectivity index (χ3v) is 4.14. The van der Waals surface area contributed by atoms with Gasteiger partial charge in [0, 0.05) is 22.2 Å². The number of benzene rings is 2. The Bertz CT molecular complexity index is 542. The second-order valence-corrected chi connectivity index (χ2v) is 5.65. The van der Waals surface area contributed by atoms with E-state index in [0.29, 0.717) is 10.8 Å². The number of hydrogen-bond acceptors (Lipinski definition) is 2. The van der Waals surface area contributed by atoms with E-state index < -0.39 is 0 Å². The topological polar surface area (TPSA) is 12.0 Å². The van der Waals surface area contributed by atoms with Gasteiger partial charge in [0.15, 0.2) is 0 Å². The van der Waals surface area contributed by atoms with Gasteiger partial charge >= 0.3 is 0 Å². The fourth-order valence-electron chi connectivity index (χ4n) is 1.72. The molecule has 0 saturated heterocycles. The Balaban J connectivity index is 2.00. The van der Waals surface area contributed by atoms with Crippen LogP contribution in [0.2, 0.25) is 5.02 Å². The molecule has 2 aromatic rings. The van der Waals surface area contributed by atoms with E-state index in [2.05, 4.69) is 29.6 Å². The van der Waals surface area contributed by atoms with Gasteiger partial charge in [0.1, 0.15) is 5.82 Å². The lowest BCUT2D eigenvalue weighted by Gasteiger charge is -2.06. The van der Waals surface area contributed by atoms with Crippen molar-refractivity contribution in [1.82, 2.24) is 5.32 Å². The number of halogens is 2. The average molecular weight is 296 g/mol. The molecule has 0 aliphatic carbocycles. The highest BCUT2D eigenvalue weighted by Crippen LogP contribution is 2.27. The molecule has 2 aromatic carbocycles. The highest BCUT2D eigenvalue weighted by atomic mass is 35.5. The van der Waals surface area contributed by atoms with Crippen molar-refractivity contribution in [3.8, 4) is 0 Å². The molecule has 0 aliphatic rings. The van der Waals surface area contributed by atoms with Crippen molar-refractivity contribution in [3.63, 3.8) is 0 Å². The maximum atomic E-state index is 13.1. The second kappa shape index (κ2) is 6.94. The lowest BCUT2D eigenvalue weighted by atomic mass is 10.2. The van der Waals surface area contributed by atoms with E-state index in [9.17, 15) is 4.39 Å². The normalized spacial score (nSPS) is 10.7. The van der Waals surface area contributed by atoms with Gasteiger partial charge in [0.2, 0.25) is 0 Å². The predicted octanol–water partition coefficient (Wildman–Crippen LogP) is 4.49. The molecule has 0 radical (unpaired) electrons. The van der Waals surface area contributed by atoms with E-state index >= 15 is 0 Å². The summed E-state index contributed by atoms with van der Waals surface area (Å²) in [6.07, 6.45) is 0. The molecule has 0 amide bonds. The monoisotopic (exact) mass is 295 g/mol. The van der Waals surface area contributed by atoms with Crippen LogP contribution >= 0.6 is 23.4 Å². The van der Waals surface area contributed by atoms with Crippen LogP contribution in [0.15, 0.2) is 47.4 Å². The van der Waals surface area contributed by atoms with Crippen LogP contribution in [-0.2, 0) is 12.3 Å². The summed E-state index contributed by atoms with van der Waals surface area (Å²) in [5.41, 5.74) is 2.07. The van der Waals surface area contributed by atoms with Gasteiger partial charge in [-0.3, -0.25) is 0 Å². The molecule has 0 unspecified atom stereocenters. The van der Waals surface area contributed by atoms with Crippen molar-refractivity contribution in [3.05, 3.63) is 64.4 Å². The van der Waals surface area contributed by atoms with E-state index in [1.54, 1.807) is 17.8 Å². The van der Waals surface area contributed by atoms with Crippen LogP contribution in [-0.4, -0.2) is 7.05 Å². The summed E-state index contributed by atoms with van der Waals surface area (Å²) in [5, 5.41) is 3.72. The molecule has 0 atom stereocenters. The highest BCUT2D eigenvalue weighted by molar-refractivity contribution is 7.98. The fourth-order valence-corrected chi connectivity index (χ4v) is 2.88. The molecule has 0 heterocycles. The minimum Gasteiger partial charge on any atom is -0.316 e. The van der Waals surface area contributed by atoms with Gasteiger partial charge in [0.25, 0.3) is 0 Å². The van der Waals surface area contributed by atoms with Gasteiger partial charge in [0.05, 0.1) is 0 Å². The quantitative estimate of drug-likeness (QED) is 0.816. The molecule has 0 fully saturated rings. The second-order valence-electron chi connectivity index (χ2n) is 4.20. The highest BCUT2D eigenvalue weighted by Gasteiger charge is 2.03. The predicted molar refractivity (Wildman–Crippen MR) is 80.2 cm³/mol. The van der Waals surface area contributed by atoms with Crippen LogP contribution in [0.4, 0.5) is 4.39 Å². The summed E-state index contributed by atoms with van der Waals surface area (Å²) in [5.74, 6) is 0.423. The molecule has 19 heavy (non-hydrogen) atoms. The van der Waals surface area contributed by atoms with Gasteiger partial charge < -0.3 is 5.32 Å².